The molecule has 1 aliphatic rings. The number of likely N-dealkylation sites (N-methyl/N-ethyl adjacent to an activating group) is 1. The van der Waals surface area contributed by atoms with Crippen LogP contribution in [0.15, 0.2) is 48.7 Å². The van der Waals surface area contributed by atoms with Crippen molar-refractivity contribution in [3.63, 3.8) is 0 Å². The third kappa shape index (κ3) is 4.37. The van der Waals surface area contributed by atoms with Crippen LogP contribution in [0, 0.1) is 0 Å². The first kappa shape index (κ1) is 17.4. The number of anilines is 1. The van der Waals surface area contributed by atoms with Gasteiger partial charge in [-0.3, -0.25) is 9.78 Å². The second kappa shape index (κ2) is 8.12. The molecule has 0 spiro atoms. The Bertz CT molecular complexity index is 696. The summed E-state index contributed by atoms with van der Waals surface area (Å²) in [6.07, 6.45) is 1.73. The van der Waals surface area contributed by atoms with Gasteiger partial charge in [-0.1, -0.05) is 37.3 Å². The zero-order valence-corrected chi connectivity index (χ0v) is 15.0. The number of benzene rings is 1. The maximum atomic E-state index is 12.6. The van der Waals surface area contributed by atoms with Gasteiger partial charge in [-0.05, 0) is 31.2 Å². The Balaban J connectivity index is 1.66. The van der Waals surface area contributed by atoms with Crippen LogP contribution in [-0.4, -0.2) is 48.5 Å². The largest absolute Gasteiger partial charge is 0.369 e. The summed E-state index contributed by atoms with van der Waals surface area (Å²) < 4.78 is 0. The molecular weight excluding hydrogens is 312 g/mol. The van der Waals surface area contributed by atoms with E-state index < -0.39 is 0 Å². The standard InChI is InChI=1S/C20H26N4O/c1-3-23-11-13-24(14-12-23)18-9-10-21-19(15-18)20(25)22-16(2)17-7-5-4-6-8-17/h4-10,15-16H,3,11-14H2,1-2H3,(H,22,25). The minimum absolute atomic E-state index is 0.0488. The molecule has 5 nitrogen and oxygen atoms in total. The van der Waals surface area contributed by atoms with Crippen molar-refractivity contribution in [1.29, 1.82) is 0 Å². The predicted octanol–water partition coefficient (Wildman–Crippen LogP) is 2.71. The number of hydrogen-bond acceptors (Lipinski definition) is 4. The first-order valence-electron chi connectivity index (χ1n) is 8.96. The van der Waals surface area contributed by atoms with Gasteiger partial charge in [0.05, 0.1) is 6.04 Å². The maximum Gasteiger partial charge on any atom is 0.270 e. The zero-order chi connectivity index (χ0) is 17.6. The van der Waals surface area contributed by atoms with Gasteiger partial charge in [0.1, 0.15) is 5.69 Å². The second-order valence-electron chi connectivity index (χ2n) is 6.43. The lowest BCUT2D eigenvalue weighted by molar-refractivity contribution is 0.0935. The Hall–Kier alpha value is -2.40. The van der Waals surface area contributed by atoms with Crippen LogP contribution in [-0.2, 0) is 0 Å². The molecule has 3 rings (SSSR count). The number of carbonyl (C=O) groups excluding carboxylic acids is 1. The molecule has 2 aromatic rings. The van der Waals surface area contributed by atoms with Gasteiger partial charge in [-0.2, -0.15) is 0 Å². The molecule has 1 N–H and O–H groups in total. The molecule has 1 aromatic carbocycles. The molecule has 0 radical (unpaired) electrons. The van der Waals surface area contributed by atoms with Gasteiger partial charge in [-0.25, -0.2) is 0 Å². The molecule has 1 amide bonds. The van der Waals surface area contributed by atoms with Crippen molar-refractivity contribution in [1.82, 2.24) is 15.2 Å². The predicted molar refractivity (Wildman–Crippen MR) is 101 cm³/mol. The van der Waals surface area contributed by atoms with E-state index in [2.05, 4.69) is 27.0 Å². The summed E-state index contributed by atoms with van der Waals surface area (Å²) in [5, 5.41) is 3.03. The van der Waals surface area contributed by atoms with Crippen molar-refractivity contribution in [2.45, 2.75) is 19.9 Å². The summed E-state index contributed by atoms with van der Waals surface area (Å²) in [5.41, 5.74) is 2.63. The molecule has 1 atom stereocenters. The lowest BCUT2D eigenvalue weighted by Gasteiger charge is -2.35. The quantitative estimate of drug-likeness (QED) is 0.911. The Labute approximate surface area is 149 Å². The molecule has 1 fully saturated rings. The highest BCUT2D eigenvalue weighted by Gasteiger charge is 2.18. The van der Waals surface area contributed by atoms with Gasteiger partial charge >= 0.3 is 0 Å². The lowest BCUT2D eigenvalue weighted by atomic mass is 10.1. The van der Waals surface area contributed by atoms with E-state index >= 15 is 0 Å². The molecule has 132 valence electrons. The van der Waals surface area contributed by atoms with E-state index in [1.54, 1.807) is 6.20 Å². The van der Waals surface area contributed by atoms with Gasteiger partial charge < -0.3 is 15.1 Å². The van der Waals surface area contributed by atoms with E-state index in [1.807, 2.05) is 49.4 Å². The molecule has 1 unspecified atom stereocenters. The van der Waals surface area contributed by atoms with E-state index in [9.17, 15) is 4.79 Å². The minimum Gasteiger partial charge on any atom is -0.369 e. The smallest absolute Gasteiger partial charge is 0.270 e. The van der Waals surface area contributed by atoms with Crippen LogP contribution in [0.1, 0.15) is 35.9 Å². The van der Waals surface area contributed by atoms with Gasteiger partial charge in [0, 0.05) is 38.1 Å². The minimum atomic E-state index is -0.134. The Morgan fingerprint density at radius 1 is 1.16 bits per heavy atom. The summed E-state index contributed by atoms with van der Waals surface area (Å²) in [6.45, 7) is 9.37. The average Bonchev–Trinajstić information content (AvgIpc) is 2.68. The number of amides is 1. The lowest BCUT2D eigenvalue weighted by Crippen LogP contribution is -2.46. The fourth-order valence-electron chi connectivity index (χ4n) is 3.16. The van der Waals surface area contributed by atoms with Crippen molar-refractivity contribution >= 4 is 11.6 Å². The molecule has 2 heterocycles. The number of rotatable bonds is 5. The molecule has 0 bridgehead atoms. The van der Waals surface area contributed by atoms with Crippen LogP contribution in [0.5, 0.6) is 0 Å². The van der Waals surface area contributed by atoms with Crippen LogP contribution in [0.3, 0.4) is 0 Å². The monoisotopic (exact) mass is 338 g/mol. The topological polar surface area (TPSA) is 48.5 Å². The number of piperazine rings is 1. The summed E-state index contributed by atoms with van der Waals surface area (Å²) in [7, 11) is 0. The van der Waals surface area contributed by atoms with E-state index in [0.29, 0.717) is 5.69 Å². The number of carbonyl (C=O) groups is 1. The van der Waals surface area contributed by atoms with E-state index in [0.717, 1.165) is 44.0 Å². The number of nitrogens with zero attached hydrogens (tertiary/aromatic N) is 3. The molecule has 0 saturated carbocycles. The molecular formula is C20H26N4O. The third-order valence-corrected chi connectivity index (χ3v) is 4.81. The number of hydrogen-bond donors (Lipinski definition) is 1. The summed E-state index contributed by atoms with van der Waals surface area (Å²) in [5.74, 6) is -0.134. The Morgan fingerprint density at radius 3 is 2.56 bits per heavy atom. The average molecular weight is 338 g/mol. The highest BCUT2D eigenvalue weighted by atomic mass is 16.1. The summed E-state index contributed by atoms with van der Waals surface area (Å²) in [6, 6.07) is 13.8. The van der Waals surface area contributed by atoms with E-state index in [4.69, 9.17) is 0 Å². The van der Waals surface area contributed by atoms with Crippen molar-refractivity contribution in [3.05, 3.63) is 59.9 Å². The van der Waals surface area contributed by atoms with Crippen LogP contribution in [0.25, 0.3) is 0 Å². The number of nitrogens with one attached hydrogen (secondary N) is 1. The second-order valence-corrected chi connectivity index (χ2v) is 6.43. The van der Waals surface area contributed by atoms with Gasteiger partial charge in [0.25, 0.3) is 5.91 Å². The van der Waals surface area contributed by atoms with Crippen LogP contribution in [0.2, 0.25) is 0 Å². The van der Waals surface area contributed by atoms with E-state index in [1.165, 1.54) is 0 Å². The highest BCUT2D eigenvalue weighted by Crippen LogP contribution is 2.18. The maximum absolute atomic E-state index is 12.6. The fraction of sp³-hybridized carbons (Fsp3) is 0.400. The van der Waals surface area contributed by atoms with Crippen molar-refractivity contribution < 1.29 is 4.79 Å². The molecule has 0 aliphatic carbocycles. The van der Waals surface area contributed by atoms with Crippen molar-refractivity contribution in [2.75, 3.05) is 37.6 Å². The molecule has 1 aromatic heterocycles. The normalized spacial score (nSPS) is 16.5. The van der Waals surface area contributed by atoms with Crippen molar-refractivity contribution in [2.24, 2.45) is 0 Å². The zero-order valence-electron chi connectivity index (χ0n) is 15.0. The molecule has 25 heavy (non-hydrogen) atoms. The Kier molecular flexibility index (Phi) is 5.66. The summed E-state index contributed by atoms with van der Waals surface area (Å²) >= 11 is 0. The molecule has 1 saturated heterocycles. The van der Waals surface area contributed by atoms with E-state index in [-0.39, 0.29) is 11.9 Å². The van der Waals surface area contributed by atoms with Crippen LogP contribution >= 0.6 is 0 Å². The molecule has 5 heteroatoms. The number of pyridine rings is 1. The summed E-state index contributed by atoms with van der Waals surface area (Å²) in [4.78, 5) is 21.6. The van der Waals surface area contributed by atoms with Gasteiger partial charge in [0.2, 0.25) is 0 Å². The highest BCUT2D eigenvalue weighted by molar-refractivity contribution is 5.93. The Morgan fingerprint density at radius 2 is 1.88 bits per heavy atom. The van der Waals surface area contributed by atoms with Gasteiger partial charge in [-0.15, -0.1) is 0 Å². The first-order chi connectivity index (χ1) is 12.2. The third-order valence-electron chi connectivity index (χ3n) is 4.81. The fourth-order valence-corrected chi connectivity index (χ4v) is 3.16. The van der Waals surface area contributed by atoms with Gasteiger partial charge in [0.15, 0.2) is 0 Å². The van der Waals surface area contributed by atoms with Crippen LogP contribution < -0.4 is 10.2 Å². The SMILES string of the molecule is CCN1CCN(c2ccnc(C(=O)NC(C)c3ccccc3)c2)CC1. The molecule has 1 aliphatic heterocycles. The number of aromatic nitrogens is 1. The van der Waals surface area contributed by atoms with Crippen molar-refractivity contribution in [3.8, 4) is 0 Å². The van der Waals surface area contributed by atoms with Crippen LogP contribution in [0.4, 0.5) is 5.69 Å². The first-order valence-corrected chi connectivity index (χ1v) is 8.96.